The van der Waals surface area contributed by atoms with Gasteiger partial charge in [-0.1, -0.05) is 29.8 Å². The van der Waals surface area contributed by atoms with Gasteiger partial charge in [-0.3, -0.25) is 19.7 Å². The van der Waals surface area contributed by atoms with E-state index < -0.39 is 17.5 Å². The van der Waals surface area contributed by atoms with Crippen molar-refractivity contribution in [2.75, 3.05) is 26.2 Å². The van der Waals surface area contributed by atoms with Crippen molar-refractivity contribution in [1.82, 2.24) is 15.1 Å². The number of carbonyl (C=O) groups excluding carboxylic acids is 3. The maximum atomic E-state index is 13.0. The molecule has 3 heterocycles. The summed E-state index contributed by atoms with van der Waals surface area (Å²) in [5.41, 5.74) is 1.93. The molecule has 5 rings (SSSR count). The molecule has 0 saturated carbocycles. The van der Waals surface area contributed by atoms with Gasteiger partial charge in [0.2, 0.25) is 11.8 Å². The Morgan fingerprint density at radius 2 is 1.87 bits per heavy atom. The van der Waals surface area contributed by atoms with Gasteiger partial charge in [0, 0.05) is 54.1 Å². The minimum atomic E-state index is -0.629. The summed E-state index contributed by atoms with van der Waals surface area (Å²) >= 11 is 6.18. The van der Waals surface area contributed by atoms with Crippen molar-refractivity contribution >= 4 is 29.3 Å². The monoisotopic (exact) mass is 548 g/mol. The minimum absolute atomic E-state index is 0.191. The van der Waals surface area contributed by atoms with Crippen LogP contribution in [0.1, 0.15) is 66.4 Å². The van der Waals surface area contributed by atoms with Gasteiger partial charge in [-0.25, -0.2) is 6.57 Å². The number of piperidine rings is 2. The van der Waals surface area contributed by atoms with Crippen LogP contribution in [0.3, 0.4) is 0 Å². The van der Waals surface area contributed by atoms with Gasteiger partial charge in [0.15, 0.2) is 0 Å². The molecular weight excluding hydrogens is 516 g/mol. The predicted molar refractivity (Wildman–Crippen MR) is 147 cm³/mol. The van der Waals surface area contributed by atoms with Crippen LogP contribution in [0.5, 0.6) is 5.75 Å². The summed E-state index contributed by atoms with van der Waals surface area (Å²) in [6.45, 7) is 11.5. The number of nitrogens with zero attached hydrogens (tertiary/aromatic N) is 3. The molecule has 0 spiro atoms. The number of likely N-dealkylation sites (tertiary alicyclic amines) is 1. The number of carbonyl (C=O) groups is 3. The summed E-state index contributed by atoms with van der Waals surface area (Å²) < 4.78 is 6.08. The van der Waals surface area contributed by atoms with Gasteiger partial charge in [0.25, 0.3) is 11.4 Å². The molecule has 0 aliphatic carbocycles. The van der Waals surface area contributed by atoms with Crippen LogP contribution in [0.4, 0.5) is 0 Å². The second-order valence-electron chi connectivity index (χ2n) is 10.6. The van der Waals surface area contributed by atoms with E-state index in [2.05, 4.69) is 15.1 Å². The summed E-state index contributed by atoms with van der Waals surface area (Å²) in [6, 6.07) is 12.5. The zero-order chi connectivity index (χ0) is 27.4. The number of imide groups is 1. The van der Waals surface area contributed by atoms with Gasteiger partial charge < -0.3 is 19.4 Å². The van der Waals surface area contributed by atoms with Crippen molar-refractivity contribution in [3.63, 3.8) is 0 Å². The second-order valence-corrected chi connectivity index (χ2v) is 11.0. The number of nitrogens with one attached hydrogen (secondary N) is 1. The molecule has 1 unspecified atom stereocenters. The van der Waals surface area contributed by atoms with E-state index in [4.69, 9.17) is 22.9 Å². The lowest BCUT2D eigenvalue weighted by molar-refractivity contribution is -0.136. The van der Waals surface area contributed by atoms with Crippen molar-refractivity contribution in [2.45, 2.75) is 63.1 Å². The van der Waals surface area contributed by atoms with Gasteiger partial charge in [0.1, 0.15) is 11.8 Å². The number of hydrogen-bond donors (Lipinski definition) is 1. The number of unbranched alkanes of at least 4 members (excludes halogenated alkanes) is 2. The average molecular weight is 549 g/mol. The van der Waals surface area contributed by atoms with E-state index in [1.165, 1.54) is 0 Å². The number of halogens is 1. The lowest BCUT2D eigenvalue weighted by atomic mass is 9.81. The van der Waals surface area contributed by atoms with E-state index in [1.54, 1.807) is 11.0 Å². The first-order valence-corrected chi connectivity index (χ1v) is 14.0. The van der Waals surface area contributed by atoms with E-state index >= 15 is 0 Å². The number of ether oxygens (including phenoxy) is 1. The first kappa shape index (κ1) is 27.2. The van der Waals surface area contributed by atoms with Crippen molar-refractivity contribution in [3.05, 3.63) is 75.6 Å². The highest BCUT2D eigenvalue weighted by Crippen LogP contribution is 2.38. The van der Waals surface area contributed by atoms with Gasteiger partial charge in [-0.15, -0.1) is 0 Å². The molecular formula is C30H33ClN4O4. The highest BCUT2D eigenvalue weighted by Gasteiger charge is 2.42. The van der Waals surface area contributed by atoms with E-state index in [-0.39, 0.29) is 18.2 Å². The third-order valence-corrected chi connectivity index (χ3v) is 8.41. The lowest BCUT2D eigenvalue weighted by Crippen LogP contribution is -2.52. The third-order valence-electron chi connectivity index (χ3n) is 8.17. The highest BCUT2D eigenvalue weighted by atomic mass is 35.5. The van der Waals surface area contributed by atoms with Crippen LogP contribution in [-0.2, 0) is 21.7 Å². The molecule has 1 N–H and O–H groups in total. The number of rotatable bonds is 9. The average Bonchev–Trinajstić information content (AvgIpc) is 3.27. The summed E-state index contributed by atoms with van der Waals surface area (Å²) in [4.78, 5) is 44.8. The summed E-state index contributed by atoms with van der Waals surface area (Å²) in [6.07, 6.45) is 5.18. The zero-order valence-corrected chi connectivity index (χ0v) is 22.7. The molecule has 3 aliphatic heterocycles. The first-order chi connectivity index (χ1) is 18.9. The third kappa shape index (κ3) is 5.80. The van der Waals surface area contributed by atoms with Crippen molar-refractivity contribution in [2.24, 2.45) is 0 Å². The Labute approximate surface area is 234 Å². The fourth-order valence-electron chi connectivity index (χ4n) is 5.88. The number of fused-ring (bicyclic) bond motifs is 1. The summed E-state index contributed by atoms with van der Waals surface area (Å²) in [5.74, 6) is -0.209. The minimum Gasteiger partial charge on any atom is -0.493 e. The normalized spacial score (nSPS) is 20.9. The maximum absolute atomic E-state index is 13.0. The quantitative estimate of drug-likeness (QED) is 0.282. The molecule has 1 atom stereocenters. The van der Waals surface area contributed by atoms with Crippen LogP contribution in [0.15, 0.2) is 42.5 Å². The molecule has 9 heteroatoms. The molecule has 8 nitrogen and oxygen atoms in total. The van der Waals surface area contributed by atoms with E-state index in [0.29, 0.717) is 35.9 Å². The fourth-order valence-corrected chi connectivity index (χ4v) is 6.07. The summed E-state index contributed by atoms with van der Waals surface area (Å²) in [7, 11) is 0. The molecule has 3 aliphatic rings. The highest BCUT2D eigenvalue weighted by molar-refractivity contribution is 6.30. The van der Waals surface area contributed by atoms with Crippen molar-refractivity contribution in [1.29, 1.82) is 0 Å². The molecule has 3 amide bonds. The van der Waals surface area contributed by atoms with E-state index in [1.807, 2.05) is 36.4 Å². The lowest BCUT2D eigenvalue weighted by Gasteiger charge is -2.34. The van der Waals surface area contributed by atoms with Crippen LogP contribution < -0.4 is 10.1 Å². The molecule has 0 bridgehead atoms. The first-order valence-electron chi connectivity index (χ1n) is 13.7. The molecule has 204 valence electrons. The Kier molecular flexibility index (Phi) is 8.20. The van der Waals surface area contributed by atoms with Crippen LogP contribution in [-0.4, -0.2) is 59.8 Å². The summed E-state index contributed by atoms with van der Waals surface area (Å²) in [5, 5.41) is 3.02. The molecule has 2 aromatic rings. The standard InChI is InChI=1S/C30H33ClN4O4/c1-32-30(21-7-5-8-22(31)19-21)13-16-34(17-14-30)15-3-2-4-18-39-26-10-6-9-23-24(26)20-35(29(23)38)25-11-12-27(36)33-28(25)37/h5-10,19,25H,2-4,11-18,20H2,(H,33,36,37). The predicted octanol–water partition coefficient (Wildman–Crippen LogP) is 4.56. The van der Waals surface area contributed by atoms with Crippen LogP contribution in [0.2, 0.25) is 5.02 Å². The Hall–Kier alpha value is -3.41. The number of amides is 3. The van der Waals surface area contributed by atoms with Crippen LogP contribution >= 0.6 is 11.6 Å². The van der Waals surface area contributed by atoms with Crippen LogP contribution in [0, 0.1) is 6.57 Å². The van der Waals surface area contributed by atoms with Gasteiger partial charge in [0.05, 0.1) is 13.2 Å². The number of hydrogen-bond acceptors (Lipinski definition) is 5. The van der Waals surface area contributed by atoms with Gasteiger partial charge in [-0.2, -0.15) is 0 Å². The molecule has 0 radical (unpaired) electrons. The Balaban J connectivity index is 1.05. The second kappa shape index (κ2) is 11.8. The molecule has 2 saturated heterocycles. The molecule has 0 aromatic heterocycles. The van der Waals surface area contributed by atoms with Crippen molar-refractivity contribution < 1.29 is 19.1 Å². The molecule has 2 fully saturated rings. The fraction of sp³-hybridized carbons (Fsp3) is 0.467. The van der Waals surface area contributed by atoms with Gasteiger partial charge in [-0.05, 0) is 56.5 Å². The van der Waals surface area contributed by atoms with Crippen molar-refractivity contribution in [3.8, 4) is 5.75 Å². The largest absolute Gasteiger partial charge is 0.493 e. The van der Waals surface area contributed by atoms with Crippen LogP contribution in [0.25, 0.3) is 4.85 Å². The topological polar surface area (TPSA) is 83.3 Å². The zero-order valence-electron chi connectivity index (χ0n) is 22.0. The molecule has 39 heavy (non-hydrogen) atoms. The maximum Gasteiger partial charge on any atom is 0.260 e. The Morgan fingerprint density at radius 1 is 1.08 bits per heavy atom. The number of benzene rings is 2. The van der Waals surface area contributed by atoms with E-state index in [9.17, 15) is 14.4 Å². The SMILES string of the molecule is [C-]#[N+]C1(c2cccc(Cl)c2)CCN(CCCCCOc2cccc3c2CN(C2CCC(=O)NC2=O)C3=O)CC1. The van der Waals surface area contributed by atoms with E-state index in [0.717, 1.165) is 62.9 Å². The Bertz CT molecular complexity index is 1300. The Morgan fingerprint density at radius 3 is 2.62 bits per heavy atom. The molecule has 2 aromatic carbocycles. The smallest absolute Gasteiger partial charge is 0.260 e. The van der Waals surface area contributed by atoms with Gasteiger partial charge >= 0.3 is 0 Å².